The Labute approximate surface area is 360 Å². The van der Waals surface area contributed by atoms with E-state index in [9.17, 15) is 43.8 Å². The molecule has 16 heteroatoms. The number of fused-ring (bicyclic) bond motifs is 5. The maximum absolute atomic E-state index is 13.4. The molecule has 2 saturated carbocycles. The molecule has 330 valence electrons. The lowest BCUT2D eigenvalue weighted by Gasteiger charge is -2.50. The SMILES string of the molecule is C[C@]12CC[C@@H]3c4ccc(O)cc4CC[C@H]3[C@@H]1CCC2OC(=O)CCC(=O)N[C@@H](Cc1ccc(O)cc1)C(=O)NCC(=O)NCC(=O)N[C@@H](Cc1ccccc1)C(=O)NCC(N)=O. The van der Waals surface area contributed by atoms with E-state index in [-0.39, 0.29) is 43.0 Å². The van der Waals surface area contributed by atoms with Crippen molar-refractivity contribution in [1.82, 2.24) is 26.6 Å². The number of hydrogen-bond acceptors (Lipinski definition) is 10. The van der Waals surface area contributed by atoms with Gasteiger partial charge in [0, 0.05) is 24.7 Å². The summed E-state index contributed by atoms with van der Waals surface area (Å²) in [4.78, 5) is 89.3. The normalized spacial score (nSPS) is 22.0. The minimum absolute atomic E-state index is 0.00254. The average molecular weight is 853 g/mol. The molecule has 3 aromatic rings. The van der Waals surface area contributed by atoms with E-state index in [1.54, 1.807) is 48.5 Å². The lowest BCUT2D eigenvalue weighted by Crippen LogP contribution is -2.53. The molecule has 0 saturated heterocycles. The lowest BCUT2D eigenvalue weighted by molar-refractivity contribution is -0.158. The lowest BCUT2D eigenvalue weighted by atomic mass is 9.55. The van der Waals surface area contributed by atoms with Crippen LogP contribution in [0.3, 0.4) is 0 Å². The Morgan fingerprint density at radius 1 is 0.710 bits per heavy atom. The first kappa shape index (κ1) is 45.1. The van der Waals surface area contributed by atoms with Gasteiger partial charge in [-0.15, -0.1) is 0 Å². The van der Waals surface area contributed by atoms with Crippen molar-refractivity contribution in [3.63, 3.8) is 0 Å². The molecule has 2 fully saturated rings. The molecule has 0 spiro atoms. The Hall–Kier alpha value is -6.45. The van der Waals surface area contributed by atoms with Crippen molar-refractivity contribution in [1.29, 1.82) is 0 Å². The molecular weight excluding hydrogens is 797 g/mol. The molecule has 0 aliphatic heterocycles. The maximum atomic E-state index is 13.4. The van der Waals surface area contributed by atoms with Gasteiger partial charge in [0.15, 0.2) is 0 Å². The van der Waals surface area contributed by atoms with E-state index < -0.39 is 73.1 Å². The summed E-state index contributed by atoms with van der Waals surface area (Å²) in [5, 5.41) is 32.2. The molecule has 3 aliphatic carbocycles. The van der Waals surface area contributed by atoms with Crippen molar-refractivity contribution < 1.29 is 48.5 Å². The smallest absolute Gasteiger partial charge is 0.306 e. The number of hydrogen-bond donors (Lipinski definition) is 8. The molecule has 6 amide bonds. The summed E-state index contributed by atoms with van der Waals surface area (Å²) in [5.41, 5.74) is 8.85. The molecule has 9 N–H and O–H groups in total. The van der Waals surface area contributed by atoms with Gasteiger partial charge in [-0.3, -0.25) is 33.6 Å². The number of phenolic OH excluding ortho intramolecular Hbond substituents is 2. The minimum Gasteiger partial charge on any atom is -0.508 e. The number of ether oxygens (including phenoxy) is 1. The number of esters is 1. The van der Waals surface area contributed by atoms with Crippen LogP contribution < -0.4 is 32.3 Å². The number of rotatable bonds is 18. The molecule has 16 nitrogen and oxygen atoms in total. The van der Waals surface area contributed by atoms with Crippen molar-refractivity contribution in [2.45, 2.75) is 95.2 Å². The highest BCUT2D eigenvalue weighted by atomic mass is 16.5. The van der Waals surface area contributed by atoms with Crippen LogP contribution in [0.1, 0.15) is 80.0 Å². The second-order valence-corrected chi connectivity index (χ2v) is 16.9. The van der Waals surface area contributed by atoms with Crippen molar-refractivity contribution >= 4 is 41.4 Å². The van der Waals surface area contributed by atoms with E-state index in [2.05, 4.69) is 39.6 Å². The van der Waals surface area contributed by atoms with Crippen LogP contribution in [-0.4, -0.2) is 89.4 Å². The van der Waals surface area contributed by atoms with Crippen molar-refractivity contribution in [3.8, 4) is 11.5 Å². The Bertz CT molecular complexity index is 2130. The third kappa shape index (κ3) is 11.7. The van der Waals surface area contributed by atoms with Crippen molar-refractivity contribution in [2.24, 2.45) is 23.0 Å². The first-order valence-corrected chi connectivity index (χ1v) is 21.2. The third-order valence-electron chi connectivity index (χ3n) is 12.7. The number of carbonyl (C=O) groups is 7. The van der Waals surface area contributed by atoms with E-state index in [1.165, 1.54) is 23.3 Å². The molecule has 1 unspecified atom stereocenters. The van der Waals surface area contributed by atoms with Gasteiger partial charge >= 0.3 is 5.97 Å². The number of aryl methyl sites for hydroxylation is 1. The Morgan fingerprint density at radius 2 is 1.34 bits per heavy atom. The van der Waals surface area contributed by atoms with Crippen molar-refractivity contribution in [3.05, 3.63) is 95.1 Å². The van der Waals surface area contributed by atoms with Gasteiger partial charge in [0.25, 0.3) is 0 Å². The first-order valence-electron chi connectivity index (χ1n) is 21.2. The molecule has 3 aliphatic rings. The molecule has 0 aromatic heterocycles. The third-order valence-corrected chi connectivity index (χ3v) is 12.7. The van der Waals surface area contributed by atoms with Crippen LogP contribution in [0.15, 0.2) is 72.8 Å². The zero-order valence-corrected chi connectivity index (χ0v) is 34.8. The highest BCUT2D eigenvalue weighted by molar-refractivity contribution is 5.94. The fourth-order valence-corrected chi connectivity index (χ4v) is 9.62. The minimum atomic E-state index is -1.16. The summed E-state index contributed by atoms with van der Waals surface area (Å²) < 4.78 is 6.08. The van der Waals surface area contributed by atoms with Crippen LogP contribution >= 0.6 is 0 Å². The second kappa shape index (κ2) is 20.4. The van der Waals surface area contributed by atoms with Gasteiger partial charge in [0.1, 0.15) is 29.7 Å². The second-order valence-electron chi connectivity index (χ2n) is 16.9. The largest absolute Gasteiger partial charge is 0.508 e. The summed E-state index contributed by atoms with van der Waals surface area (Å²) >= 11 is 0. The molecule has 6 rings (SSSR count). The van der Waals surface area contributed by atoms with E-state index in [1.807, 2.05) is 6.07 Å². The van der Waals surface area contributed by atoms with Crippen LogP contribution in [-0.2, 0) is 57.6 Å². The standard InChI is InChI=1S/C46H56N6O10/c1-46-20-19-33-32-14-12-31(54)23-29(32)9-13-34(33)35(46)15-16-38(46)62-43(59)18-17-40(56)51-36(22-28-7-10-30(53)11-8-28)45(61)50-25-41(57)48-26-42(58)52-37(44(60)49-24-39(47)55)21-27-5-3-2-4-6-27/h2-8,10-12,14,23,33-38,53-54H,9,13,15-22,24-26H2,1H3,(H2,47,55)(H,48,57)(H,49,60)(H,50,61)(H,51,56)(H,52,58)/t33-,34-,35+,36+,37+,38?,46+/m1/s1. The predicted molar refractivity (Wildman–Crippen MR) is 226 cm³/mol. The van der Waals surface area contributed by atoms with E-state index in [4.69, 9.17) is 10.5 Å². The summed E-state index contributed by atoms with van der Waals surface area (Å²) in [7, 11) is 0. The zero-order valence-electron chi connectivity index (χ0n) is 34.8. The number of aromatic hydroxyl groups is 2. The van der Waals surface area contributed by atoms with E-state index in [0.717, 1.165) is 44.1 Å². The van der Waals surface area contributed by atoms with Crippen molar-refractivity contribution in [2.75, 3.05) is 19.6 Å². The molecule has 0 heterocycles. The Kier molecular flexibility index (Phi) is 14.8. The fourth-order valence-electron chi connectivity index (χ4n) is 9.62. The molecule has 3 aromatic carbocycles. The number of nitrogens with two attached hydrogens (primary N) is 1. The van der Waals surface area contributed by atoms with Gasteiger partial charge in [-0.2, -0.15) is 0 Å². The summed E-state index contributed by atoms with van der Waals surface area (Å²) in [6, 6.07) is 18.4. The van der Waals surface area contributed by atoms with Gasteiger partial charge in [0.2, 0.25) is 35.4 Å². The monoisotopic (exact) mass is 852 g/mol. The highest BCUT2D eigenvalue weighted by Gasteiger charge is 2.56. The van der Waals surface area contributed by atoms with Crippen LogP contribution in [0.2, 0.25) is 0 Å². The number of phenols is 2. The maximum Gasteiger partial charge on any atom is 0.306 e. The number of benzene rings is 3. The fraction of sp³-hybridized carbons (Fsp3) is 0.457. The summed E-state index contributed by atoms with van der Waals surface area (Å²) in [5.74, 6) is -3.01. The molecule has 62 heavy (non-hydrogen) atoms. The molecule has 0 radical (unpaired) electrons. The van der Waals surface area contributed by atoms with Gasteiger partial charge in [-0.05, 0) is 103 Å². The van der Waals surface area contributed by atoms with E-state index >= 15 is 0 Å². The number of primary amides is 1. The predicted octanol–water partition coefficient (Wildman–Crippen LogP) is 1.93. The number of carbonyl (C=O) groups excluding carboxylic acids is 7. The molecule has 7 atom stereocenters. The van der Waals surface area contributed by atoms with Crippen LogP contribution in [0.5, 0.6) is 11.5 Å². The van der Waals surface area contributed by atoms with Gasteiger partial charge in [-0.25, -0.2) is 0 Å². The zero-order chi connectivity index (χ0) is 44.4. The Morgan fingerprint density at radius 3 is 2.03 bits per heavy atom. The van der Waals surface area contributed by atoms with Gasteiger partial charge in [0.05, 0.1) is 26.1 Å². The average Bonchev–Trinajstić information content (AvgIpc) is 3.58. The topological polar surface area (TPSA) is 255 Å². The van der Waals surface area contributed by atoms with Crippen LogP contribution in [0.4, 0.5) is 0 Å². The first-order chi connectivity index (χ1) is 29.7. The highest BCUT2D eigenvalue weighted by Crippen LogP contribution is 2.61. The number of nitrogens with one attached hydrogen (secondary N) is 5. The van der Waals surface area contributed by atoms with Gasteiger partial charge < -0.3 is 47.3 Å². The van der Waals surface area contributed by atoms with Crippen LogP contribution in [0.25, 0.3) is 0 Å². The summed E-state index contributed by atoms with van der Waals surface area (Å²) in [6.07, 6.45) is 4.94. The molecule has 0 bridgehead atoms. The quantitative estimate of drug-likeness (QED) is 0.0864. The van der Waals surface area contributed by atoms with Crippen LogP contribution in [0, 0.1) is 17.3 Å². The number of amides is 6. The summed E-state index contributed by atoms with van der Waals surface area (Å²) in [6.45, 7) is 0.712. The van der Waals surface area contributed by atoms with Gasteiger partial charge in [-0.1, -0.05) is 55.5 Å². The Balaban J connectivity index is 0.978. The molecular formula is C46H56N6O10. The van der Waals surface area contributed by atoms with E-state index in [0.29, 0.717) is 29.1 Å².